The number of nitrogens with zero attached hydrogens (tertiary/aromatic N) is 2. The van der Waals surface area contributed by atoms with E-state index in [0.29, 0.717) is 32.7 Å². The van der Waals surface area contributed by atoms with Gasteiger partial charge in [-0.1, -0.05) is 38.8 Å². The highest BCUT2D eigenvalue weighted by Crippen LogP contribution is 2.68. The fraction of sp³-hybridized carbons (Fsp3) is 0.767. The van der Waals surface area contributed by atoms with Crippen LogP contribution in [-0.2, 0) is 19.1 Å². The molecule has 1 N–H and O–H groups in total. The molecule has 0 aromatic heterocycles. The topological polar surface area (TPSA) is 87.1 Å². The number of aliphatic hydroxyl groups excluding tert-OH is 1. The normalized spacial score (nSPS) is 29.4. The first-order chi connectivity index (χ1) is 18.4. The third kappa shape index (κ3) is 6.16. The first-order valence-electron chi connectivity index (χ1n) is 14.6. The van der Waals surface area contributed by atoms with E-state index in [9.17, 15) is 19.5 Å². The number of ether oxygens (including phenoxy) is 1. The number of amides is 2. The summed E-state index contributed by atoms with van der Waals surface area (Å²) in [5.41, 5.74) is 0. The summed E-state index contributed by atoms with van der Waals surface area (Å²) < 4.78 is 5.10. The number of esters is 1. The molecule has 2 bridgehead atoms. The van der Waals surface area contributed by atoms with Crippen LogP contribution in [0.4, 0.5) is 0 Å². The SMILES string of the molecule is C=CCCCCOC(=O)[C@@H]1[C@H]2C(=O)N(CCCCCO)C(C(=O)N(CC=C)CCCCC)C23S[C@@H]1CC3C. The summed E-state index contributed by atoms with van der Waals surface area (Å²) in [7, 11) is 0. The highest BCUT2D eigenvalue weighted by Gasteiger charge is 2.76. The Bertz CT molecular complexity index is 850. The number of carbonyl (C=O) groups excluding carboxylic acids is 3. The number of rotatable bonds is 18. The molecule has 0 saturated carbocycles. The van der Waals surface area contributed by atoms with Gasteiger partial charge < -0.3 is 19.6 Å². The Morgan fingerprint density at radius 3 is 2.63 bits per heavy atom. The van der Waals surface area contributed by atoms with Crippen LogP contribution in [0.3, 0.4) is 0 Å². The third-order valence-corrected chi connectivity index (χ3v) is 10.6. The average molecular weight is 549 g/mol. The second kappa shape index (κ2) is 14.5. The van der Waals surface area contributed by atoms with Gasteiger partial charge in [-0.2, -0.15) is 0 Å². The average Bonchev–Trinajstić information content (AvgIpc) is 3.49. The molecule has 0 aromatic rings. The van der Waals surface area contributed by atoms with Gasteiger partial charge in [-0.25, -0.2) is 0 Å². The predicted molar refractivity (Wildman–Crippen MR) is 153 cm³/mol. The number of likely N-dealkylation sites (tertiary alicyclic amines) is 1. The van der Waals surface area contributed by atoms with Crippen LogP contribution in [0.25, 0.3) is 0 Å². The maximum absolute atomic E-state index is 14.3. The van der Waals surface area contributed by atoms with Crippen molar-refractivity contribution in [1.29, 1.82) is 0 Å². The Morgan fingerprint density at radius 2 is 1.95 bits per heavy atom. The minimum absolute atomic E-state index is 0.000547. The van der Waals surface area contributed by atoms with Gasteiger partial charge in [-0.05, 0) is 57.3 Å². The van der Waals surface area contributed by atoms with Crippen molar-refractivity contribution in [1.82, 2.24) is 9.80 Å². The Labute approximate surface area is 233 Å². The zero-order chi connectivity index (χ0) is 27.7. The smallest absolute Gasteiger partial charge is 0.310 e. The van der Waals surface area contributed by atoms with Gasteiger partial charge >= 0.3 is 5.97 Å². The van der Waals surface area contributed by atoms with Crippen LogP contribution in [0.1, 0.15) is 78.1 Å². The van der Waals surface area contributed by atoms with E-state index >= 15 is 0 Å². The van der Waals surface area contributed by atoms with Crippen LogP contribution in [0.2, 0.25) is 0 Å². The van der Waals surface area contributed by atoms with Gasteiger partial charge in [0, 0.05) is 31.5 Å². The molecule has 3 fully saturated rings. The second-order valence-electron chi connectivity index (χ2n) is 11.1. The Morgan fingerprint density at radius 1 is 1.16 bits per heavy atom. The van der Waals surface area contributed by atoms with Crippen molar-refractivity contribution in [2.45, 2.75) is 94.1 Å². The van der Waals surface area contributed by atoms with Crippen LogP contribution in [0.15, 0.2) is 25.3 Å². The van der Waals surface area contributed by atoms with E-state index in [-0.39, 0.29) is 35.6 Å². The minimum atomic E-state index is -0.619. The Hall–Kier alpha value is -1.80. The van der Waals surface area contributed by atoms with Gasteiger partial charge in [0.15, 0.2) is 0 Å². The highest BCUT2D eigenvalue weighted by molar-refractivity contribution is 8.02. The van der Waals surface area contributed by atoms with E-state index in [1.165, 1.54) is 0 Å². The van der Waals surface area contributed by atoms with Crippen LogP contribution in [0.5, 0.6) is 0 Å². The number of hydrogen-bond donors (Lipinski definition) is 1. The number of carbonyl (C=O) groups is 3. The highest BCUT2D eigenvalue weighted by atomic mass is 32.2. The van der Waals surface area contributed by atoms with E-state index < -0.39 is 22.6 Å². The first-order valence-corrected chi connectivity index (χ1v) is 15.5. The van der Waals surface area contributed by atoms with Gasteiger partial charge in [0.1, 0.15) is 6.04 Å². The lowest BCUT2D eigenvalue weighted by molar-refractivity contribution is -0.154. The Balaban J connectivity index is 1.89. The van der Waals surface area contributed by atoms with Crippen LogP contribution in [-0.4, -0.2) is 81.6 Å². The number of unbranched alkanes of at least 4 members (excludes halogenated alkanes) is 6. The molecule has 3 aliphatic rings. The number of allylic oxidation sites excluding steroid dienone is 1. The zero-order valence-electron chi connectivity index (χ0n) is 23.4. The van der Waals surface area contributed by atoms with Gasteiger partial charge in [0.05, 0.1) is 23.2 Å². The lowest BCUT2D eigenvalue weighted by Crippen LogP contribution is -2.57. The van der Waals surface area contributed by atoms with Gasteiger partial charge in [0.25, 0.3) is 0 Å². The standard InChI is InChI=1S/C30H48N2O5S/c1-5-8-10-15-20-37-29(36)24-23-21-22(4)30(38-23)25(24)27(34)32(18-13-11-14-19-33)26(30)28(35)31(16-7-3)17-12-9-6-2/h5,7,22-26,33H,1,3,6,8-21H2,2,4H3/t22?,23-,24+,25+,26?,30?/m1/s1. The molecule has 6 atom stereocenters. The maximum Gasteiger partial charge on any atom is 0.310 e. The molecule has 38 heavy (non-hydrogen) atoms. The molecule has 0 aromatic carbocycles. The van der Waals surface area contributed by atoms with Crippen LogP contribution < -0.4 is 0 Å². The molecular weight excluding hydrogens is 500 g/mol. The molecule has 3 rings (SSSR count). The molecule has 3 saturated heterocycles. The minimum Gasteiger partial charge on any atom is -0.465 e. The van der Waals surface area contributed by atoms with E-state index in [1.807, 2.05) is 11.0 Å². The molecule has 3 unspecified atom stereocenters. The van der Waals surface area contributed by atoms with Crippen LogP contribution in [0, 0.1) is 17.8 Å². The number of hydrogen-bond acceptors (Lipinski definition) is 6. The number of fused-ring (bicyclic) bond motifs is 1. The summed E-state index contributed by atoms with van der Waals surface area (Å²) in [6.07, 6.45) is 12.2. The molecule has 0 aliphatic carbocycles. The molecule has 3 heterocycles. The molecule has 8 heteroatoms. The fourth-order valence-electron chi connectivity index (χ4n) is 6.71. The lowest BCUT2D eigenvalue weighted by Gasteiger charge is -2.40. The van der Waals surface area contributed by atoms with E-state index in [2.05, 4.69) is 27.0 Å². The summed E-state index contributed by atoms with van der Waals surface area (Å²) in [6, 6.07) is -0.592. The third-order valence-electron chi connectivity index (χ3n) is 8.55. The quantitative estimate of drug-likeness (QED) is 0.153. The first kappa shape index (κ1) is 30.7. The summed E-state index contributed by atoms with van der Waals surface area (Å²) in [6.45, 7) is 13.9. The molecule has 3 aliphatic heterocycles. The second-order valence-corrected chi connectivity index (χ2v) is 12.6. The largest absolute Gasteiger partial charge is 0.465 e. The van der Waals surface area contributed by atoms with Gasteiger partial charge in [0.2, 0.25) is 11.8 Å². The van der Waals surface area contributed by atoms with Gasteiger partial charge in [-0.15, -0.1) is 24.9 Å². The molecule has 0 radical (unpaired) electrons. The summed E-state index contributed by atoms with van der Waals surface area (Å²) in [5, 5.41) is 9.24. The maximum atomic E-state index is 14.3. The van der Waals surface area contributed by atoms with Crippen molar-refractivity contribution in [2.24, 2.45) is 17.8 Å². The molecule has 7 nitrogen and oxygen atoms in total. The molecule has 2 amide bonds. The van der Waals surface area contributed by atoms with E-state index in [0.717, 1.165) is 57.8 Å². The van der Waals surface area contributed by atoms with E-state index in [1.54, 1.807) is 22.7 Å². The zero-order valence-corrected chi connectivity index (χ0v) is 24.3. The summed E-state index contributed by atoms with van der Waals surface area (Å²) in [5.74, 6) is -1.27. The van der Waals surface area contributed by atoms with Crippen molar-refractivity contribution in [3.05, 3.63) is 25.3 Å². The van der Waals surface area contributed by atoms with Crippen molar-refractivity contribution in [3.8, 4) is 0 Å². The molecular formula is C30H48N2O5S. The van der Waals surface area contributed by atoms with Crippen molar-refractivity contribution < 1.29 is 24.2 Å². The predicted octanol–water partition coefficient (Wildman–Crippen LogP) is 4.59. The van der Waals surface area contributed by atoms with Crippen molar-refractivity contribution in [3.63, 3.8) is 0 Å². The summed E-state index contributed by atoms with van der Waals surface area (Å²) in [4.78, 5) is 45.5. The van der Waals surface area contributed by atoms with Crippen molar-refractivity contribution >= 4 is 29.5 Å². The van der Waals surface area contributed by atoms with Crippen LogP contribution >= 0.6 is 11.8 Å². The number of thioether (sulfide) groups is 1. The van der Waals surface area contributed by atoms with Crippen molar-refractivity contribution in [2.75, 3.05) is 32.8 Å². The molecule has 1 spiro atoms. The Kier molecular flexibility index (Phi) is 11.8. The lowest BCUT2D eigenvalue weighted by atomic mass is 9.66. The summed E-state index contributed by atoms with van der Waals surface area (Å²) >= 11 is 1.70. The number of aliphatic hydroxyl groups is 1. The van der Waals surface area contributed by atoms with E-state index in [4.69, 9.17) is 4.74 Å². The monoisotopic (exact) mass is 548 g/mol. The van der Waals surface area contributed by atoms with Gasteiger partial charge in [-0.3, -0.25) is 14.4 Å². The fourth-order valence-corrected chi connectivity index (χ4v) is 9.11. The molecule has 214 valence electrons.